The lowest BCUT2D eigenvalue weighted by atomic mass is 10.2. The van der Waals surface area contributed by atoms with Crippen LogP contribution in [0.25, 0.3) is 0 Å². The fourth-order valence-corrected chi connectivity index (χ4v) is 1.54. The molecule has 0 aliphatic rings. The van der Waals surface area contributed by atoms with Crippen LogP contribution in [0.15, 0.2) is 58.7 Å². The summed E-state index contributed by atoms with van der Waals surface area (Å²) < 4.78 is 4.70. The lowest BCUT2D eigenvalue weighted by Crippen LogP contribution is -1.88. The number of nitrogens with zero attached hydrogens (tertiary/aromatic N) is 2. The standard InChI is InChI=1S/C16H14N2O2/c1-13-2-4-14(5-3-13)10-17-18-11-15-6-8-16(9-7-15)20-12-19/h2-12H,1H3/b17-10+,18-11+. The van der Waals surface area contributed by atoms with Gasteiger partial charge >= 0.3 is 0 Å². The normalized spacial score (nSPS) is 11.1. The van der Waals surface area contributed by atoms with E-state index in [1.807, 2.05) is 31.2 Å². The van der Waals surface area contributed by atoms with Crippen LogP contribution in [0.5, 0.6) is 5.75 Å². The van der Waals surface area contributed by atoms with Crippen LogP contribution < -0.4 is 4.74 Å². The maximum Gasteiger partial charge on any atom is 0.298 e. The van der Waals surface area contributed by atoms with Crippen molar-refractivity contribution in [2.75, 3.05) is 0 Å². The van der Waals surface area contributed by atoms with Crippen molar-refractivity contribution in [3.8, 4) is 5.75 Å². The van der Waals surface area contributed by atoms with E-state index < -0.39 is 0 Å². The number of carbonyl (C=O) groups excluding carboxylic acids is 1. The number of aryl methyl sites for hydroxylation is 1. The first-order chi connectivity index (χ1) is 9.78. The minimum absolute atomic E-state index is 0.398. The molecule has 0 amide bonds. The van der Waals surface area contributed by atoms with Gasteiger partial charge in [-0.15, -0.1) is 0 Å². The first kappa shape index (κ1) is 13.7. The van der Waals surface area contributed by atoms with Gasteiger partial charge in [-0.1, -0.05) is 29.8 Å². The molecule has 20 heavy (non-hydrogen) atoms. The lowest BCUT2D eigenvalue weighted by Gasteiger charge is -1.96. The number of hydrogen-bond acceptors (Lipinski definition) is 4. The van der Waals surface area contributed by atoms with E-state index in [1.165, 1.54) is 5.56 Å². The first-order valence-electron chi connectivity index (χ1n) is 6.11. The van der Waals surface area contributed by atoms with Crippen LogP contribution in [0, 0.1) is 6.92 Å². The molecule has 2 rings (SSSR count). The monoisotopic (exact) mass is 266 g/mol. The molecule has 0 saturated carbocycles. The molecule has 4 nitrogen and oxygen atoms in total. The van der Waals surface area contributed by atoms with E-state index >= 15 is 0 Å². The molecule has 0 spiro atoms. The summed E-state index contributed by atoms with van der Waals surface area (Å²) in [5, 5.41) is 7.95. The second-order valence-electron chi connectivity index (χ2n) is 4.18. The third-order valence-corrected chi connectivity index (χ3v) is 2.62. The maximum atomic E-state index is 10.2. The molecule has 4 heteroatoms. The van der Waals surface area contributed by atoms with Crippen molar-refractivity contribution < 1.29 is 9.53 Å². The summed E-state index contributed by atoms with van der Waals surface area (Å²) in [6.45, 7) is 2.44. The second kappa shape index (κ2) is 6.99. The molecule has 0 unspecified atom stereocenters. The van der Waals surface area contributed by atoms with Gasteiger partial charge in [-0.3, -0.25) is 4.79 Å². The van der Waals surface area contributed by atoms with E-state index in [0.29, 0.717) is 12.2 Å². The molecule has 0 atom stereocenters. The average molecular weight is 266 g/mol. The summed E-state index contributed by atoms with van der Waals surface area (Å²) in [6.07, 6.45) is 3.33. The predicted octanol–water partition coefficient (Wildman–Crippen LogP) is 2.98. The van der Waals surface area contributed by atoms with Gasteiger partial charge in [0.2, 0.25) is 0 Å². The van der Waals surface area contributed by atoms with Gasteiger partial charge in [0, 0.05) is 0 Å². The molecular weight excluding hydrogens is 252 g/mol. The minimum Gasteiger partial charge on any atom is -0.429 e. The molecule has 2 aromatic carbocycles. The topological polar surface area (TPSA) is 51.0 Å². The Bertz CT molecular complexity index is 614. The molecule has 0 aliphatic carbocycles. The van der Waals surface area contributed by atoms with Gasteiger partial charge in [0.1, 0.15) is 5.75 Å². The lowest BCUT2D eigenvalue weighted by molar-refractivity contribution is -0.120. The predicted molar refractivity (Wildman–Crippen MR) is 79.5 cm³/mol. The van der Waals surface area contributed by atoms with E-state index in [4.69, 9.17) is 4.74 Å². The van der Waals surface area contributed by atoms with Crippen molar-refractivity contribution in [2.24, 2.45) is 10.2 Å². The van der Waals surface area contributed by atoms with E-state index in [-0.39, 0.29) is 0 Å². The smallest absolute Gasteiger partial charge is 0.298 e. The van der Waals surface area contributed by atoms with Crippen molar-refractivity contribution >= 4 is 18.9 Å². The van der Waals surface area contributed by atoms with Crippen LogP contribution in [0.3, 0.4) is 0 Å². The molecule has 0 saturated heterocycles. The van der Waals surface area contributed by atoms with Crippen molar-refractivity contribution in [1.29, 1.82) is 0 Å². The maximum absolute atomic E-state index is 10.2. The Balaban J connectivity index is 1.95. The second-order valence-corrected chi connectivity index (χ2v) is 4.18. The highest BCUT2D eigenvalue weighted by Crippen LogP contribution is 2.10. The molecule has 2 aromatic rings. The van der Waals surface area contributed by atoms with Crippen LogP contribution in [0.4, 0.5) is 0 Å². The summed E-state index contributed by atoms with van der Waals surface area (Å²) in [6, 6.07) is 15.0. The zero-order chi connectivity index (χ0) is 14.2. The van der Waals surface area contributed by atoms with Gasteiger partial charge in [0.15, 0.2) is 0 Å². The average Bonchev–Trinajstić information content (AvgIpc) is 2.47. The van der Waals surface area contributed by atoms with Crippen LogP contribution in [-0.4, -0.2) is 18.9 Å². The van der Waals surface area contributed by atoms with E-state index in [2.05, 4.69) is 10.2 Å². The fraction of sp³-hybridized carbons (Fsp3) is 0.0625. The summed E-state index contributed by atoms with van der Waals surface area (Å²) in [5.74, 6) is 0.500. The summed E-state index contributed by atoms with van der Waals surface area (Å²) in [5.41, 5.74) is 3.09. The van der Waals surface area contributed by atoms with Crippen LogP contribution in [-0.2, 0) is 4.79 Å². The summed E-state index contributed by atoms with van der Waals surface area (Å²) >= 11 is 0. The summed E-state index contributed by atoms with van der Waals surface area (Å²) in [7, 11) is 0. The third-order valence-electron chi connectivity index (χ3n) is 2.62. The molecule has 100 valence electrons. The van der Waals surface area contributed by atoms with Crippen LogP contribution in [0.2, 0.25) is 0 Å². The number of carbonyl (C=O) groups is 1. The molecule has 0 heterocycles. The van der Waals surface area contributed by atoms with Gasteiger partial charge in [-0.05, 0) is 42.3 Å². The van der Waals surface area contributed by atoms with Crippen LogP contribution >= 0.6 is 0 Å². The largest absolute Gasteiger partial charge is 0.429 e. The molecule has 0 N–H and O–H groups in total. The van der Waals surface area contributed by atoms with E-state index in [0.717, 1.165) is 11.1 Å². The Morgan fingerprint density at radius 1 is 0.850 bits per heavy atom. The molecule has 0 bridgehead atoms. The van der Waals surface area contributed by atoms with Gasteiger partial charge in [-0.2, -0.15) is 10.2 Å². The van der Waals surface area contributed by atoms with Crippen molar-refractivity contribution in [3.63, 3.8) is 0 Å². The zero-order valence-electron chi connectivity index (χ0n) is 11.1. The Morgan fingerprint density at radius 2 is 1.35 bits per heavy atom. The summed E-state index contributed by atoms with van der Waals surface area (Å²) in [4.78, 5) is 10.2. The first-order valence-corrected chi connectivity index (χ1v) is 6.11. The fourth-order valence-electron chi connectivity index (χ4n) is 1.54. The number of benzene rings is 2. The zero-order valence-corrected chi connectivity index (χ0v) is 11.1. The molecular formula is C16H14N2O2. The Labute approximate surface area is 117 Å². The number of ether oxygens (including phenoxy) is 1. The molecule has 0 aromatic heterocycles. The van der Waals surface area contributed by atoms with Gasteiger partial charge in [-0.25, -0.2) is 0 Å². The molecule has 0 fully saturated rings. The van der Waals surface area contributed by atoms with Crippen molar-refractivity contribution in [1.82, 2.24) is 0 Å². The SMILES string of the molecule is Cc1ccc(/C=N/N=C/c2ccc(OC=O)cc2)cc1. The Hall–Kier alpha value is -2.75. The quantitative estimate of drug-likeness (QED) is 0.474. The van der Waals surface area contributed by atoms with Crippen molar-refractivity contribution in [2.45, 2.75) is 6.92 Å². The van der Waals surface area contributed by atoms with E-state index in [1.54, 1.807) is 36.7 Å². The Kier molecular flexibility index (Phi) is 4.78. The van der Waals surface area contributed by atoms with Gasteiger partial charge in [0.25, 0.3) is 6.47 Å². The highest BCUT2D eigenvalue weighted by Gasteiger charge is 1.92. The van der Waals surface area contributed by atoms with Gasteiger partial charge in [0.05, 0.1) is 12.4 Å². The number of hydrogen-bond donors (Lipinski definition) is 0. The molecule has 0 radical (unpaired) electrons. The van der Waals surface area contributed by atoms with Gasteiger partial charge < -0.3 is 4.74 Å². The number of rotatable bonds is 5. The highest BCUT2D eigenvalue weighted by atomic mass is 16.5. The molecule has 0 aliphatic heterocycles. The highest BCUT2D eigenvalue weighted by molar-refractivity contribution is 5.82. The van der Waals surface area contributed by atoms with Crippen molar-refractivity contribution in [3.05, 3.63) is 65.2 Å². The van der Waals surface area contributed by atoms with E-state index in [9.17, 15) is 4.79 Å². The minimum atomic E-state index is 0.398. The Morgan fingerprint density at radius 3 is 1.85 bits per heavy atom. The third kappa shape index (κ3) is 4.17. The van der Waals surface area contributed by atoms with Crippen LogP contribution in [0.1, 0.15) is 16.7 Å².